The van der Waals surface area contributed by atoms with Crippen molar-refractivity contribution in [2.24, 2.45) is 0 Å². The summed E-state index contributed by atoms with van der Waals surface area (Å²) in [5, 5.41) is 9.07. The Labute approximate surface area is 81.4 Å². The zero-order valence-corrected chi connectivity index (χ0v) is 7.64. The van der Waals surface area contributed by atoms with Gasteiger partial charge in [-0.3, -0.25) is 0 Å². The van der Waals surface area contributed by atoms with Crippen LogP contribution in [-0.2, 0) is 9.53 Å². The highest BCUT2D eigenvalue weighted by Crippen LogP contribution is 2.17. The number of carbonyl (C=O) groups is 1. The fourth-order valence-electron chi connectivity index (χ4n) is 0.793. The van der Waals surface area contributed by atoms with E-state index in [1.807, 2.05) is 0 Å². The maximum atomic E-state index is 10.6. The molecule has 0 aromatic heterocycles. The van der Waals surface area contributed by atoms with Crippen LogP contribution in [-0.4, -0.2) is 18.2 Å². The first-order chi connectivity index (χ1) is 6.72. The van der Waals surface area contributed by atoms with Gasteiger partial charge in [-0.1, -0.05) is 6.07 Å². The largest absolute Gasteiger partial charge is 0.508 e. The maximum absolute atomic E-state index is 10.6. The number of rotatable bonds is 3. The number of benzene rings is 1. The fraction of sp³-hybridized carbons (Fsp3) is 0.100. The van der Waals surface area contributed by atoms with Gasteiger partial charge in [-0.05, 0) is 12.1 Å². The number of phenolic OH excluding ortho intramolecular Hbond substituents is 1. The third-order valence-corrected chi connectivity index (χ3v) is 1.43. The molecule has 0 saturated carbocycles. The van der Waals surface area contributed by atoms with Crippen molar-refractivity contribution in [2.75, 3.05) is 7.11 Å². The highest BCUT2D eigenvalue weighted by atomic mass is 16.5. The van der Waals surface area contributed by atoms with Crippen LogP contribution < -0.4 is 4.74 Å². The van der Waals surface area contributed by atoms with Gasteiger partial charge in [-0.15, -0.1) is 0 Å². The van der Waals surface area contributed by atoms with Gasteiger partial charge >= 0.3 is 5.97 Å². The summed E-state index contributed by atoms with van der Waals surface area (Å²) in [5.74, 6) is 0.0595. The van der Waals surface area contributed by atoms with Gasteiger partial charge in [0.2, 0.25) is 0 Å². The molecule has 0 amide bonds. The number of carbonyl (C=O) groups excluding carboxylic acids is 1. The number of hydrogen-bond donors (Lipinski definition) is 1. The Bertz CT molecular complexity index is 344. The Kier molecular flexibility index (Phi) is 3.55. The Morgan fingerprint density at radius 1 is 1.50 bits per heavy atom. The number of methoxy groups -OCH3 is 1. The predicted molar refractivity (Wildman–Crippen MR) is 49.9 cm³/mol. The zero-order chi connectivity index (χ0) is 10.4. The molecule has 0 unspecified atom stereocenters. The zero-order valence-electron chi connectivity index (χ0n) is 7.64. The maximum Gasteiger partial charge on any atom is 0.333 e. The molecular formula is C10H10O4. The number of phenols is 1. The Balaban J connectivity index is 2.53. The second-order valence-electron chi connectivity index (χ2n) is 2.44. The van der Waals surface area contributed by atoms with Gasteiger partial charge in [0.05, 0.1) is 19.4 Å². The molecule has 0 saturated heterocycles. The third-order valence-electron chi connectivity index (χ3n) is 1.43. The summed E-state index contributed by atoms with van der Waals surface area (Å²) in [4.78, 5) is 10.6. The average molecular weight is 194 g/mol. The van der Waals surface area contributed by atoms with Gasteiger partial charge < -0.3 is 14.6 Å². The minimum atomic E-state index is -0.495. The van der Waals surface area contributed by atoms with E-state index in [1.54, 1.807) is 12.1 Å². The quantitative estimate of drug-likeness (QED) is 0.449. The number of esters is 1. The SMILES string of the molecule is COC(=O)/C=C/Oc1cccc(O)c1. The highest BCUT2D eigenvalue weighted by molar-refractivity contribution is 5.81. The summed E-state index contributed by atoms with van der Waals surface area (Å²) in [7, 11) is 1.28. The van der Waals surface area contributed by atoms with Crippen LogP contribution in [0.15, 0.2) is 36.6 Å². The molecule has 4 nitrogen and oxygen atoms in total. The van der Waals surface area contributed by atoms with E-state index in [-0.39, 0.29) is 5.75 Å². The Hall–Kier alpha value is -1.97. The van der Waals surface area contributed by atoms with Crippen molar-refractivity contribution in [1.29, 1.82) is 0 Å². The van der Waals surface area contributed by atoms with Crippen LogP contribution in [0, 0.1) is 0 Å². The van der Waals surface area contributed by atoms with Gasteiger partial charge in [-0.25, -0.2) is 4.79 Å². The van der Waals surface area contributed by atoms with Crippen molar-refractivity contribution in [3.63, 3.8) is 0 Å². The molecule has 0 aliphatic heterocycles. The Morgan fingerprint density at radius 3 is 2.93 bits per heavy atom. The van der Waals surface area contributed by atoms with Crippen molar-refractivity contribution >= 4 is 5.97 Å². The van der Waals surface area contributed by atoms with Crippen molar-refractivity contribution in [3.05, 3.63) is 36.6 Å². The van der Waals surface area contributed by atoms with Crippen molar-refractivity contribution < 1.29 is 19.4 Å². The van der Waals surface area contributed by atoms with Gasteiger partial charge in [0, 0.05) is 6.07 Å². The molecule has 0 radical (unpaired) electrons. The summed E-state index contributed by atoms with van der Waals surface area (Å²) < 4.78 is 9.37. The molecule has 0 heterocycles. The summed E-state index contributed by atoms with van der Waals surface area (Å²) >= 11 is 0. The third kappa shape index (κ3) is 3.18. The lowest BCUT2D eigenvalue weighted by Crippen LogP contribution is -1.94. The summed E-state index contributed by atoms with van der Waals surface area (Å²) in [6.07, 6.45) is 2.34. The molecule has 0 spiro atoms. The van der Waals surface area contributed by atoms with E-state index in [2.05, 4.69) is 4.74 Å². The van der Waals surface area contributed by atoms with Gasteiger partial charge in [0.25, 0.3) is 0 Å². The summed E-state index contributed by atoms with van der Waals surface area (Å²) in [5.41, 5.74) is 0. The van der Waals surface area contributed by atoms with E-state index < -0.39 is 5.97 Å². The van der Waals surface area contributed by atoms with Crippen LogP contribution in [0.25, 0.3) is 0 Å². The van der Waals surface area contributed by atoms with Gasteiger partial charge in [0.1, 0.15) is 11.5 Å². The van der Waals surface area contributed by atoms with E-state index in [4.69, 9.17) is 9.84 Å². The molecule has 0 aliphatic carbocycles. The minimum Gasteiger partial charge on any atom is -0.508 e. The smallest absolute Gasteiger partial charge is 0.333 e. The molecule has 1 aromatic rings. The molecule has 14 heavy (non-hydrogen) atoms. The normalized spacial score (nSPS) is 10.1. The van der Waals surface area contributed by atoms with E-state index >= 15 is 0 Å². The topological polar surface area (TPSA) is 55.8 Å². The molecule has 0 fully saturated rings. The standard InChI is InChI=1S/C10H10O4/c1-13-10(12)5-6-14-9-4-2-3-8(11)7-9/h2-7,11H,1H3/b6-5+. The van der Waals surface area contributed by atoms with E-state index in [9.17, 15) is 4.79 Å². The van der Waals surface area contributed by atoms with Crippen LogP contribution in [0.1, 0.15) is 0 Å². The molecule has 4 heteroatoms. The predicted octanol–water partition coefficient (Wildman–Crippen LogP) is 1.46. The highest BCUT2D eigenvalue weighted by Gasteiger charge is 1.93. The van der Waals surface area contributed by atoms with Gasteiger partial charge in [0.15, 0.2) is 0 Å². The Morgan fingerprint density at radius 2 is 2.29 bits per heavy atom. The lowest BCUT2D eigenvalue weighted by Gasteiger charge is -1.99. The van der Waals surface area contributed by atoms with E-state index in [0.29, 0.717) is 5.75 Å². The van der Waals surface area contributed by atoms with E-state index in [0.717, 1.165) is 6.08 Å². The molecule has 0 bridgehead atoms. The molecular weight excluding hydrogens is 184 g/mol. The molecule has 1 N–H and O–H groups in total. The summed E-state index contributed by atoms with van der Waals surface area (Å²) in [6.45, 7) is 0. The molecule has 0 atom stereocenters. The van der Waals surface area contributed by atoms with Crippen molar-refractivity contribution in [1.82, 2.24) is 0 Å². The fourth-order valence-corrected chi connectivity index (χ4v) is 0.793. The molecule has 0 aliphatic rings. The number of hydrogen-bond acceptors (Lipinski definition) is 4. The second-order valence-corrected chi connectivity index (χ2v) is 2.44. The number of aromatic hydroxyl groups is 1. The van der Waals surface area contributed by atoms with Crippen LogP contribution in [0.5, 0.6) is 11.5 Å². The average Bonchev–Trinajstić information content (AvgIpc) is 2.17. The molecule has 74 valence electrons. The number of ether oxygens (including phenoxy) is 2. The first kappa shape index (κ1) is 10.1. The van der Waals surface area contributed by atoms with E-state index in [1.165, 1.54) is 25.5 Å². The van der Waals surface area contributed by atoms with Crippen LogP contribution in [0.2, 0.25) is 0 Å². The van der Waals surface area contributed by atoms with Gasteiger partial charge in [-0.2, -0.15) is 0 Å². The lowest BCUT2D eigenvalue weighted by atomic mass is 10.3. The first-order valence-corrected chi connectivity index (χ1v) is 3.92. The minimum absolute atomic E-state index is 0.106. The molecule has 1 aromatic carbocycles. The van der Waals surface area contributed by atoms with Crippen LogP contribution in [0.4, 0.5) is 0 Å². The summed E-state index contributed by atoms with van der Waals surface area (Å²) in [6, 6.07) is 6.25. The van der Waals surface area contributed by atoms with Crippen molar-refractivity contribution in [2.45, 2.75) is 0 Å². The second kappa shape index (κ2) is 4.91. The van der Waals surface area contributed by atoms with Crippen LogP contribution in [0.3, 0.4) is 0 Å². The van der Waals surface area contributed by atoms with Crippen molar-refractivity contribution in [3.8, 4) is 11.5 Å². The van der Waals surface area contributed by atoms with Crippen LogP contribution >= 0.6 is 0 Å². The first-order valence-electron chi connectivity index (χ1n) is 3.92. The monoisotopic (exact) mass is 194 g/mol. The molecule has 1 rings (SSSR count). The lowest BCUT2D eigenvalue weighted by molar-refractivity contribution is -0.134.